The lowest BCUT2D eigenvalue weighted by molar-refractivity contribution is -0.111. The van der Waals surface area contributed by atoms with E-state index in [4.69, 9.17) is 14.2 Å². The topological polar surface area (TPSA) is 73.9 Å². The molecule has 3 aromatic carbocycles. The second-order valence-electron chi connectivity index (χ2n) is 7.22. The molecule has 33 heavy (non-hydrogen) atoms. The van der Waals surface area contributed by atoms with Crippen molar-refractivity contribution in [2.75, 3.05) is 19.0 Å². The van der Waals surface area contributed by atoms with Crippen molar-refractivity contribution in [2.45, 2.75) is 20.0 Å². The number of methoxy groups -OCH3 is 1. The van der Waals surface area contributed by atoms with Gasteiger partial charge in [-0.25, -0.2) is 4.79 Å². The van der Waals surface area contributed by atoms with Crippen molar-refractivity contribution in [3.05, 3.63) is 95.6 Å². The van der Waals surface area contributed by atoms with Crippen LogP contribution in [0.2, 0.25) is 0 Å². The van der Waals surface area contributed by atoms with Crippen molar-refractivity contribution in [3.8, 4) is 11.5 Å². The number of anilines is 1. The summed E-state index contributed by atoms with van der Waals surface area (Å²) in [6.45, 7) is 2.72. The summed E-state index contributed by atoms with van der Waals surface area (Å²) in [6, 6.07) is 22.0. The molecule has 0 radical (unpaired) electrons. The third kappa shape index (κ3) is 7.25. The average Bonchev–Trinajstić information content (AvgIpc) is 2.85. The van der Waals surface area contributed by atoms with Gasteiger partial charge >= 0.3 is 5.97 Å². The molecule has 0 heterocycles. The monoisotopic (exact) mass is 445 g/mol. The van der Waals surface area contributed by atoms with Crippen LogP contribution in [0.15, 0.2) is 78.9 Å². The molecule has 6 nitrogen and oxygen atoms in total. The molecule has 0 saturated carbocycles. The van der Waals surface area contributed by atoms with Gasteiger partial charge in [0, 0.05) is 11.8 Å². The fraction of sp³-hybridized carbons (Fsp3) is 0.185. The zero-order valence-corrected chi connectivity index (χ0v) is 18.7. The number of carbonyl (C=O) groups is 2. The molecule has 0 spiro atoms. The second-order valence-corrected chi connectivity index (χ2v) is 7.22. The van der Waals surface area contributed by atoms with E-state index in [0.29, 0.717) is 36.0 Å². The molecule has 6 heteroatoms. The van der Waals surface area contributed by atoms with E-state index in [1.54, 1.807) is 43.5 Å². The van der Waals surface area contributed by atoms with Crippen molar-refractivity contribution < 1.29 is 23.8 Å². The van der Waals surface area contributed by atoms with Crippen molar-refractivity contribution in [3.63, 3.8) is 0 Å². The third-order valence-electron chi connectivity index (χ3n) is 4.66. The van der Waals surface area contributed by atoms with Gasteiger partial charge in [-0.3, -0.25) is 4.79 Å². The molecular weight excluding hydrogens is 418 g/mol. The summed E-state index contributed by atoms with van der Waals surface area (Å²) in [5.74, 6) is 0.462. The van der Waals surface area contributed by atoms with E-state index in [9.17, 15) is 9.59 Å². The van der Waals surface area contributed by atoms with Crippen molar-refractivity contribution in [2.24, 2.45) is 0 Å². The van der Waals surface area contributed by atoms with Gasteiger partial charge in [0.15, 0.2) is 11.5 Å². The maximum absolute atomic E-state index is 12.3. The first-order chi connectivity index (χ1) is 16.1. The van der Waals surface area contributed by atoms with Gasteiger partial charge in [-0.1, -0.05) is 49.4 Å². The molecule has 0 atom stereocenters. The van der Waals surface area contributed by atoms with Gasteiger partial charge in [0.25, 0.3) is 0 Å². The Morgan fingerprint density at radius 2 is 1.76 bits per heavy atom. The molecule has 0 bridgehead atoms. The average molecular weight is 446 g/mol. The number of benzene rings is 3. The van der Waals surface area contributed by atoms with Gasteiger partial charge in [0.1, 0.15) is 6.61 Å². The molecule has 3 aromatic rings. The molecule has 0 aliphatic rings. The van der Waals surface area contributed by atoms with Crippen LogP contribution in [0.1, 0.15) is 34.8 Å². The Hall–Kier alpha value is -4.06. The molecule has 1 N–H and O–H groups in total. The highest BCUT2D eigenvalue weighted by Crippen LogP contribution is 2.29. The molecule has 170 valence electrons. The van der Waals surface area contributed by atoms with Crippen LogP contribution in [0.5, 0.6) is 11.5 Å². The summed E-state index contributed by atoms with van der Waals surface area (Å²) >= 11 is 0. The number of rotatable bonds is 10. The van der Waals surface area contributed by atoms with E-state index in [-0.39, 0.29) is 5.91 Å². The zero-order chi connectivity index (χ0) is 23.5. The van der Waals surface area contributed by atoms with E-state index in [0.717, 1.165) is 17.5 Å². The van der Waals surface area contributed by atoms with E-state index in [1.807, 2.05) is 49.4 Å². The van der Waals surface area contributed by atoms with Crippen LogP contribution in [0.3, 0.4) is 0 Å². The molecule has 0 aliphatic heterocycles. The number of amides is 1. The highest BCUT2D eigenvalue weighted by Gasteiger charge is 2.09. The Morgan fingerprint density at radius 1 is 0.939 bits per heavy atom. The lowest BCUT2D eigenvalue weighted by atomic mass is 10.1. The SMILES string of the molecule is CCCOC(=O)c1cccc(NC(=O)/C=C/c2ccc(OCc3ccccc3)c(OC)c2)c1. The van der Waals surface area contributed by atoms with Gasteiger partial charge in [-0.2, -0.15) is 0 Å². The summed E-state index contributed by atoms with van der Waals surface area (Å²) in [5.41, 5.74) is 2.74. The lowest BCUT2D eigenvalue weighted by Crippen LogP contribution is -2.10. The smallest absolute Gasteiger partial charge is 0.338 e. The van der Waals surface area contributed by atoms with Crippen LogP contribution in [0.25, 0.3) is 6.08 Å². The number of carbonyl (C=O) groups excluding carboxylic acids is 2. The van der Waals surface area contributed by atoms with Gasteiger partial charge in [0.05, 0.1) is 19.3 Å². The minimum atomic E-state index is -0.412. The molecule has 0 unspecified atom stereocenters. The van der Waals surface area contributed by atoms with Crippen molar-refractivity contribution in [1.82, 2.24) is 0 Å². The number of esters is 1. The fourth-order valence-corrected chi connectivity index (χ4v) is 3.00. The predicted octanol–water partition coefficient (Wildman–Crippen LogP) is 5.49. The van der Waals surface area contributed by atoms with Crippen molar-refractivity contribution in [1.29, 1.82) is 0 Å². The number of nitrogens with one attached hydrogen (secondary N) is 1. The van der Waals surface area contributed by atoms with Gasteiger partial charge < -0.3 is 19.5 Å². The van der Waals surface area contributed by atoms with E-state index in [1.165, 1.54) is 6.08 Å². The zero-order valence-electron chi connectivity index (χ0n) is 18.7. The van der Waals surface area contributed by atoms with Crippen LogP contribution in [-0.4, -0.2) is 25.6 Å². The van der Waals surface area contributed by atoms with Crippen LogP contribution in [0, 0.1) is 0 Å². The molecule has 0 fully saturated rings. The van der Waals surface area contributed by atoms with Crippen LogP contribution in [-0.2, 0) is 16.1 Å². The van der Waals surface area contributed by atoms with Gasteiger partial charge in [0.2, 0.25) is 5.91 Å². The Morgan fingerprint density at radius 3 is 2.52 bits per heavy atom. The largest absolute Gasteiger partial charge is 0.493 e. The Kier molecular flexibility index (Phi) is 8.65. The first-order valence-electron chi connectivity index (χ1n) is 10.7. The summed E-state index contributed by atoms with van der Waals surface area (Å²) in [6.07, 6.45) is 3.84. The highest BCUT2D eigenvalue weighted by molar-refractivity contribution is 6.02. The molecule has 0 aromatic heterocycles. The molecular formula is C27H27NO5. The van der Waals surface area contributed by atoms with E-state index >= 15 is 0 Å². The third-order valence-corrected chi connectivity index (χ3v) is 4.66. The molecule has 0 aliphatic carbocycles. The first kappa shape index (κ1) is 23.6. The summed E-state index contributed by atoms with van der Waals surface area (Å²) in [4.78, 5) is 24.3. The molecule has 1 amide bonds. The standard InChI is InChI=1S/C27H27NO5/c1-3-16-32-27(30)22-10-7-11-23(18-22)28-26(29)15-13-20-12-14-24(25(17-20)31-2)33-19-21-8-5-4-6-9-21/h4-15,17-18H,3,16,19H2,1-2H3,(H,28,29)/b15-13+. The quantitative estimate of drug-likeness (QED) is 0.330. The van der Waals surface area contributed by atoms with Crippen molar-refractivity contribution >= 4 is 23.6 Å². The minimum Gasteiger partial charge on any atom is -0.493 e. The number of hydrogen-bond acceptors (Lipinski definition) is 5. The molecule has 0 saturated heterocycles. The first-order valence-corrected chi connectivity index (χ1v) is 10.7. The predicted molar refractivity (Wildman–Crippen MR) is 128 cm³/mol. The van der Waals surface area contributed by atoms with Gasteiger partial charge in [-0.05, 0) is 54.0 Å². The molecule has 3 rings (SSSR count). The fourth-order valence-electron chi connectivity index (χ4n) is 3.00. The summed E-state index contributed by atoms with van der Waals surface area (Å²) < 4.78 is 16.4. The van der Waals surface area contributed by atoms with E-state index < -0.39 is 5.97 Å². The van der Waals surface area contributed by atoms with Crippen LogP contribution < -0.4 is 14.8 Å². The van der Waals surface area contributed by atoms with E-state index in [2.05, 4.69) is 5.32 Å². The maximum atomic E-state index is 12.3. The summed E-state index contributed by atoms with van der Waals surface area (Å²) in [5, 5.41) is 2.75. The Labute approximate surface area is 193 Å². The van der Waals surface area contributed by atoms with Crippen LogP contribution >= 0.6 is 0 Å². The van der Waals surface area contributed by atoms with Crippen LogP contribution in [0.4, 0.5) is 5.69 Å². The summed E-state index contributed by atoms with van der Waals surface area (Å²) in [7, 11) is 1.57. The highest BCUT2D eigenvalue weighted by atomic mass is 16.5. The second kappa shape index (κ2) is 12.1. The number of hydrogen-bond donors (Lipinski definition) is 1. The lowest BCUT2D eigenvalue weighted by Gasteiger charge is -2.11. The number of ether oxygens (including phenoxy) is 3. The Bertz CT molecular complexity index is 1110. The normalized spacial score (nSPS) is 10.6. The maximum Gasteiger partial charge on any atom is 0.338 e. The van der Waals surface area contributed by atoms with Gasteiger partial charge in [-0.15, -0.1) is 0 Å². The Balaban J connectivity index is 1.61. The minimum absolute atomic E-state index is 0.322.